The van der Waals surface area contributed by atoms with Crippen LogP contribution in [0.2, 0.25) is 0 Å². The minimum atomic E-state index is -0.430. The van der Waals surface area contributed by atoms with Crippen LogP contribution < -0.4 is 5.73 Å². The van der Waals surface area contributed by atoms with Crippen LogP contribution in [0.1, 0.15) is 18.4 Å². The molecule has 2 amide bonds. The van der Waals surface area contributed by atoms with Crippen LogP contribution in [0, 0.1) is 5.82 Å². The molecule has 0 radical (unpaired) electrons. The van der Waals surface area contributed by atoms with Crippen molar-refractivity contribution in [3.63, 3.8) is 0 Å². The number of halogens is 1. The molecule has 0 bridgehead atoms. The Balaban J connectivity index is 2.20. The van der Waals surface area contributed by atoms with Gasteiger partial charge in [0.1, 0.15) is 5.82 Å². The molecule has 5 heteroatoms. The Morgan fingerprint density at radius 1 is 1.25 bits per heavy atom. The van der Waals surface area contributed by atoms with E-state index < -0.39 is 5.82 Å². The van der Waals surface area contributed by atoms with Gasteiger partial charge in [-0.2, -0.15) is 0 Å². The summed E-state index contributed by atoms with van der Waals surface area (Å²) >= 11 is 0. The number of imide groups is 1. The van der Waals surface area contributed by atoms with Gasteiger partial charge in [0.05, 0.1) is 6.54 Å². The summed E-state index contributed by atoms with van der Waals surface area (Å²) in [6, 6.07) is 3.93. The van der Waals surface area contributed by atoms with Crippen LogP contribution >= 0.6 is 0 Å². The largest absolute Gasteiger partial charge is 0.398 e. The maximum Gasteiger partial charge on any atom is 0.229 e. The zero-order valence-corrected chi connectivity index (χ0v) is 8.57. The molecule has 2 N–H and O–H groups in total. The Morgan fingerprint density at radius 3 is 2.44 bits per heavy atom. The molecule has 1 saturated heterocycles. The van der Waals surface area contributed by atoms with Gasteiger partial charge in [0.2, 0.25) is 11.8 Å². The van der Waals surface area contributed by atoms with Gasteiger partial charge in [-0.3, -0.25) is 14.5 Å². The summed E-state index contributed by atoms with van der Waals surface area (Å²) in [5.74, 6) is -0.831. The van der Waals surface area contributed by atoms with E-state index in [9.17, 15) is 14.0 Å². The molecule has 16 heavy (non-hydrogen) atoms. The average molecular weight is 222 g/mol. The third-order valence-electron chi connectivity index (χ3n) is 2.59. The van der Waals surface area contributed by atoms with Crippen molar-refractivity contribution in [3.05, 3.63) is 29.6 Å². The predicted octanol–water partition coefficient (Wildman–Crippen LogP) is 1.06. The lowest BCUT2D eigenvalue weighted by molar-refractivity contribution is -0.139. The van der Waals surface area contributed by atoms with Crippen molar-refractivity contribution in [1.29, 1.82) is 0 Å². The average Bonchev–Trinajstić information content (AvgIpc) is 2.53. The van der Waals surface area contributed by atoms with Crippen molar-refractivity contribution in [3.8, 4) is 0 Å². The molecule has 0 unspecified atom stereocenters. The van der Waals surface area contributed by atoms with Crippen molar-refractivity contribution in [2.75, 3.05) is 5.73 Å². The zero-order chi connectivity index (χ0) is 11.7. The van der Waals surface area contributed by atoms with Gasteiger partial charge in [-0.25, -0.2) is 4.39 Å². The molecular weight excluding hydrogens is 211 g/mol. The Bertz CT molecular complexity index is 443. The lowest BCUT2D eigenvalue weighted by Gasteiger charge is -2.15. The Kier molecular flexibility index (Phi) is 2.60. The molecule has 0 saturated carbocycles. The molecule has 0 aliphatic carbocycles. The van der Waals surface area contributed by atoms with E-state index >= 15 is 0 Å². The number of nitrogen functional groups attached to an aromatic ring is 1. The quantitative estimate of drug-likeness (QED) is 0.601. The van der Waals surface area contributed by atoms with Gasteiger partial charge in [0.15, 0.2) is 0 Å². The second kappa shape index (κ2) is 3.92. The number of hydrogen-bond acceptors (Lipinski definition) is 3. The molecule has 1 aromatic carbocycles. The second-order valence-electron chi connectivity index (χ2n) is 3.72. The first-order valence-corrected chi connectivity index (χ1v) is 4.95. The molecule has 1 heterocycles. The molecule has 0 atom stereocenters. The summed E-state index contributed by atoms with van der Waals surface area (Å²) < 4.78 is 12.8. The summed E-state index contributed by atoms with van der Waals surface area (Å²) in [6.07, 6.45) is 0.500. The Morgan fingerprint density at radius 2 is 1.88 bits per heavy atom. The summed E-state index contributed by atoms with van der Waals surface area (Å²) in [7, 11) is 0. The first kappa shape index (κ1) is 10.6. The highest BCUT2D eigenvalue weighted by molar-refractivity contribution is 6.01. The smallest absolute Gasteiger partial charge is 0.229 e. The fraction of sp³-hybridized carbons (Fsp3) is 0.273. The van der Waals surface area contributed by atoms with E-state index in [4.69, 9.17) is 5.73 Å². The number of nitrogens with two attached hydrogens (primary N) is 1. The molecule has 0 aromatic heterocycles. The first-order chi connectivity index (χ1) is 7.58. The Hall–Kier alpha value is -1.91. The highest BCUT2D eigenvalue weighted by atomic mass is 19.1. The minimum absolute atomic E-state index is 0.129. The molecule has 1 fully saturated rings. The number of hydrogen-bond donors (Lipinski definition) is 1. The lowest BCUT2D eigenvalue weighted by atomic mass is 10.1. The van der Waals surface area contributed by atoms with Crippen LogP contribution in [0.3, 0.4) is 0 Å². The van der Waals surface area contributed by atoms with Gasteiger partial charge in [-0.05, 0) is 17.7 Å². The number of rotatable bonds is 2. The van der Waals surface area contributed by atoms with Crippen LogP contribution in [-0.4, -0.2) is 16.7 Å². The second-order valence-corrected chi connectivity index (χ2v) is 3.72. The van der Waals surface area contributed by atoms with E-state index in [1.54, 1.807) is 0 Å². The number of anilines is 1. The van der Waals surface area contributed by atoms with Gasteiger partial charge < -0.3 is 5.73 Å². The summed E-state index contributed by atoms with van der Waals surface area (Å²) in [5.41, 5.74) is 6.45. The molecule has 4 nitrogen and oxygen atoms in total. The van der Waals surface area contributed by atoms with Crippen LogP contribution in [0.15, 0.2) is 18.2 Å². The van der Waals surface area contributed by atoms with E-state index in [0.717, 1.165) is 4.90 Å². The molecule has 1 aliphatic rings. The van der Waals surface area contributed by atoms with E-state index in [-0.39, 0.29) is 36.9 Å². The highest BCUT2D eigenvalue weighted by Crippen LogP contribution is 2.20. The lowest BCUT2D eigenvalue weighted by Crippen LogP contribution is -2.28. The third kappa shape index (κ3) is 1.88. The zero-order valence-electron chi connectivity index (χ0n) is 8.57. The molecular formula is C11H11FN2O2. The van der Waals surface area contributed by atoms with Crippen molar-refractivity contribution < 1.29 is 14.0 Å². The Labute approximate surface area is 91.8 Å². The van der Waals surface area contributed by atoms with Gasteiger partial charge in [0.25, 0.3) is 0 Å². The fourth-order valence-electron chi connectivity index (χ4n) is 1.68. The van der Waals surface area contributed by atoms with E-state index in [1.807, 2.05) is 0 Å². The van der Waals surface area contributed by atoms with Gasteiger partial charge in [0, 0.05) is 18.5 Å². The minimum Gasteiger partial charge on any atom is -0.398 e. The maximum absolute atomic E-state index is 12.8. The van der Waals surface area contributed by atoms with Crippen LogP contribution in [0.25, 0.3) is 0 Å². The summed E-state index contributed by atoms with van der Waals surface area (Å²) in [5, 5.41) is 0. The molecule has 2 rings (SSSR count). The third-order valence-corrected chi connectivity index (χ3v) is 2.59. The van der Waals surface area contributed by atoms with Crippen molar-refractivity contribution in [1.82, 2.24) is 4.90 Å². The first-order valence-electron chi connectivity index (χ1n) is 4.95. The monoisotopic (exact) mass is 222 g/mol. The summed E-state index contributed by atoms with van der Waals surface area (Å²) in [6.45, 7) is 0.129. The van der Waals surface area contributed by atoms with Crippen LogP contribution in [0.4, 0.5) is 10.1 Å². The molecule has 84 valence electrons. The topological polar surface area (TPSA) is 63.4 Å². The number of carbonyl (C=O) groups excluding carboxylic acids is 2. The number of carbonyl (C=O) groups is 2. The standard InChI is InChI=1S/C11H11FN2O2/c12-8-2-1-7(9(13)5-8)6-14-10(15)3-4-11(14)16/h1-2,5H,3-4,6,13H2. The van der Waals surface area contributed by atoms with Crippen molar-refractivity contribution in [2.45, 2.75) is 19.4 Å². The van der Waals surface area contributed by atoms with E-state index in [1.165, 1.54) is 18.2 Å². The molecule has 0 spiro atoms. The van der Waals surface area contributed by atoms with Crippen molar-refractivity contribution >= 4 is 17.5 Å². The van der Waals surface area contributed by atoms with Gasteiger partial charge in [-0.1, -0.05) is 6.07 Å². The van der Waals surface area contributed by atoms with Crippen molar-refractivity contribution in [2.24, 2.45) is 0 Å². The predicted molar refractivity (Wildman–Crippen MR) is 55.6 cm³/mol. The van der Waals surface area contributed by atoms with Crippen LogP contribution in [-0.2, 0) is 16.1 Å². The summed E-state index contributed by atoms with van der Waals surface area (Å²) in [4.78, 5) is 23.9. The van der Waals surface area contributed by atoms with E-state index in [0.29, 0.717) is 5.56 Å². The van der Waals surface area contributed by atoms with Gasteiger partial charge in [-0.15, -0.1) is 0 Å². The number of nitrogens with zero attached hydrogens (tertiary/aromatic N) is 1. The highest BCUT2D eigenvalue weighted by Gasteiger charge is 2.29. The molecule has 1 aromatic rings. The SMILES string of the molecule is Nc1cc(F)ccc1CN1C(=O)CCC1=O. The number of amides is 2. The molecule has 1 aliphatic heterocycles. The maximum atomic E-state index is 12.8. The normalized spacial score (nSPS) is 15.9. The van der Waals surface area contributed by atoms with Gasteiger partial charge >= 0.3 is 0 Å². The fourth-order valence-corrected chi connectivity index (χ4v) is 1.68. The number of likely N-dealkylation sites (tertiary alicyclic amines) is 1. The van der Waals surface area contributed by atoms with Crippen LogP contribution in [0.5, 0.6) is 0 Å². The number of benzene rings is 1. The van der Waals surface area contributed by atoms with E-state index in [2.05, 4.69) is 0 Å².